The number of hydrogen-bond acceptors (Lipinski definition) is 4. The van der Waals surface area contributed by atoms with Crippen LogP contribution in [0.3, 0.4) is 0 Å². The second-order valence-corrected chi connectivity index (χ2v) is 7.74. The van der Waals surface area contributed by atoms with Gasteiger partial charge in [-0.2, -0.15) is 0 Å². The molecule has 2 heterocycles. The van der Waals surface area contributed by atoms with Crippen molar-refractivity contribution in [2.24, 2.45) is 0 Å². The van der Waals surface area contributed by atoms with Crippen LogP contribution in [-0.2, 0) is 12.8 Å². The Labute approximate surface area is 184 Å². The van der Waals surface area contributed by atoms with E-state index in [-0.39, 0.29) is 11.7 Å². The second kappa shape index (κ2) is 8.15. The van der Waals surface area contributed by atoms with Crippen LogP contribution in [0.25, 0.3) is 16.9 Å². The molecule has 32 heavy (non-hydrogen) atoms. The van der Waals surface area contributed by atoms with Crippen molar-refractivity contribution < 1.29 is 9.50 Å². The third kappa shape index (κ3) is 3.90. The zero-order valence-electron chi connectivity index (χ0n) is 17.2. The third-order valence-electron chi connectivity index (χ3n) is 5.43. The predicted molar refractivity (Wildman–Crippen MR) is 123 cm³/mol. The van der Waals surface area contributed by atoms with E-state index in [4.69, 9.17) is 15.7 Å². The van der Waals surface area contributed by atoms with E-state index < -0.39 is 0 Å². The molecule has 0 radical (unpaired) electrons. The quantitative estimate of drug-likeness (QED) is 0.389. The number of benzene rings is 3. The molecule has 5 aromatic rings. The maximum Gasteiger partial charge on any atom is 0.219 e. The number of aromatic hydroxyl groups is 1. The van der Waals surface area contributed by atoms with E-state index in [1.807, 2.05) is 54.6 Å². The first kappa shape index (κ1) is 19.8. The summed E-state index contributed by atoms with van der Waals surface area (Å²) in [6.45, 7) is 0. The monoisotopic (exact) mass is 424 g/mol. The second-order valence-electron chi connectivity index (χ2n) is 7.74. The van der Waals surface area contributed by atoms with Crippen molar-refractivity contribution in [1.29, 1.82) is 0 Å². The van der Waals surface area contributed by atoms with Gasteiger partial charge >= 0.3 is 0 Å². The smallest absolute Gasteiger partial charge is 0.219 e. The zero-order chi connectivity index (χ0) is 22.1. The van der Waals surface area contributed by atoms with Crippen molar-refractivity contribution >= 4 is 11.3 Å². The molecule has 0 aliphatic carbocycles. The molecule has 0 bridgehead atoms. The Bertz CT molecular complexity index is 1380. The van der Waals surface area contributed by atoms with Crippen molar-refractivity contribution in [3.05, 3.63) is 113 Å². The van der Waals surface area contributed by atoms with Gasteiger partial charge in [-0.25, -0.2) is 14.4 Å². The van der Waals surface area contributed by atoms with Gasteiger partial charge in [0.05, 0.1) is 11.4 Å². The summed E-state index contributed by atoms with van der Waals surface area (Å²) in [4.78, 5) is 9.60. The Balaban J connectivity index is 1.63. The van der Waals surface area contributed by atoms with E-state index in [2.05, 4.69) is 0 Å². The van der Waals surface area contributed by atoms with Crippen LogP contribution in [0, 0.1) is 5.82 Å². The van der Waals surface area contributed by atoms with Gasteiger partial charge in [0.15, 0.2) is 5.65 Å². The highest BCUT2D eigenvalue weighted by Crippen LogP contribution is 2.28. The van der Waals surface area contributed by atoms with Crippen molar-refractivity contribution in [2.45, 2.75) is 12.8 Å². The fourth-order valence-corrected chi connectivity index (χ4v) is 3.76. The van der Waals surface area contributed by atoms with Gasteiger partial charge in [0, 0.05) is 30.3 Å². The van der Waals surface area contributed by atoms with E-state index in [0.29, 0.717) is 35.6 Å². The van der Waals surface area contributed by atoms with Crippen LogP contribution in [0.15, 0.2) is 85.1 Å². The van der Waals surface area contributed by atoms with E-state index in [9.17, 15) is 9.50 Å². The van der Waals surface area contributed by atoms with Gasteiger partial charge in [0.25, 0.3) is 0 Å². The highest BCUT2D eigenvalue weighted by atomic mass is 19.1. The van der Waals surface area contributed by atoms with E-state index in [0.717, 1.165) is 22.4 Å². The lowest BCUT2D eigenvalue weighted by Crippen LogP contribution is -2.01. The fourth-order valence-electron chi connectivity index (χ4n) is 3.76. The van der Waals surface area contributed by atoms with Crippen molar-refractivity contribution in [3.63, 3.8) is 0 Å². The van der Waals surface area contributed by atoms with Crippen LogP contribution in [0.4, 0.5) is 10.1 Å². The molecular formula is C26H21FN4O. The van der Waals surface area contributed by atoms with Crippen LogP contribution in [-0.4, -0.2) is 19.5 Å². The molecule has 0 spiro atoms. The number of imidazole rings is 1. The van der Waals surface area contributed by atoms with Crippen molar-refractivity contribution in [2.75, 3.05) is 5.73 Å². The molecular weight excluding hydrogens is 403 g/mol. The Hall–Kier alpha value is -4.19. The lowest BCUT2D eigenvalue weighted by Gasteiger charge is -2.09. The number of aromatic nitrogens is 3. The molecule has 0 amide bonds. The van der Waals surface area contributed by atoms with Crippen LogP contribution < -0.4 is 5.73 Å². The Kier molecular flexibility index (Phi) is 5.03. The summed E-state index contributed by atoms with van der Waals surface area (Å²) in [7, 11) is 0. The molecule has 5 rings (SSSR count). The number of halogens is 1. The fraction of sp³-hybridized carbons (Fsp3) is 0.0769. The molecule has 0 atom stereocenters. The van der Waals surface area contributed by atoms with Crippen molar-refractivity contribution in [1.82, 2.24) is 14.4 Å². The van der Waals surface area contributed by atoms with Crippen molar-refractivity contribution in [3.8, 4) is 17.1 Å². The molecule has 3 aromatic carbocycles. The highest BCUT2D eigenvalue weighted by Gasteiger charge is 2.18. The molecule has 0 aliphatic heterocycles. The topological polar surface area (TPSA) is 76.4 Å². The molecule has 158 valence electrons. The lowest BCUT2D eigenvalue weighted by molar-refractivity contribution is 0.442. The zero-order valence-corrected chi connectivity index (χ0v) is 17.2. The van der Waals surface area contributed by atoms with Gasteiger partial charge in [0.1, 0.15) is 11.5 Å². The maximum atomic E-state index is 13.3. The Morgan fingerprint density at radius 1 is 0.781 bits per heavy atom. The third-order valence-corrected chi connectivity index (χ3v) is 5.43. The molecule has 6 heteroatoms. The molecule has 0 fully saturated rings. The summed E-state index contributed by atoms with van der Waals surface area (Å²) in [5.41, 5.74) is 11.9. The summed E-state index contributed by atoms with van der Waals surface area (Å²) in [6, 6.07) is 23.7. The summed E-state index contributed by atoms with van der Waals surface area (Å²) >= 11 is 0. The van der Waals surface area contributed by atoms with E-state index in [1.54, 1.807) is 22.7 Å². The van der Waals surface area contributed by atoms with E-state index in [1.165, 1.54) is 12.1 Å². The SMILES string of the molecule is Nc1ccc(-c2cn3c(O)c(Cc4ccc(F)cc4)nc3c(Cc3ccccc3)n2)cc1. The summed E-state index contributed by atoms with van der Waals surface area (Å²) < 4.78 is 15.0. The number of rotatable bonds is 5. The number of nitrogens with zero attached hydrogens (tertiary/aromatic N) is 3. The molecule has 2 aromatic heterocycles. The average Bonchev–Trinajstić information content (AvgIpc) is 3.12. The summed E-state index contributed by atoms with van der Waals surface area (Å²) in [5, 5.41) is 11.0. The normalized spacial score (nSPS) is 11.2. The first-order chi connectivity index (χ1) is 15.6. The van der Waals surface area contributed by atoms with Gasteiger partial charge in [-0.05, 0) is 35.4 Å². The lowest BCUT2D eigenvalue weighted by atomic mass is 10.1. The Morgan fingerprint density at radius 2 is 1.44 bits per heavy atom. The average molecular weight is 424 g/mol. The number of nitrogen functional groups attached to an aromatic ring is 1. The largest absolute Gasteiger partial charge is 0.493 e. The van der Waals surface area contributed by atoms with Crippen LogP contribution in [0.1, 0.15) is 22.5 Å². The van der Waals surface area contributed by atoms with E-state index >= 15 is 0 Å². The standard InChI is InChI=1S/C26H21FN4O/c27-20-10-6-18(7-11-20)15-23-26(32)31-16-24(19-8-12-21(28)13-9-19)29-22(25(31)30-23)14-17-4-2-1-3-5-17/h1-13,16,32H,14-15,28H2. The molecule has 0 aliphatic rings. The minimum atomic E-state index is -0.296. The summed E-state index contributed by atoms with van der Waals surface area (Å²) in [5.74, 6) is -0.242. The van der Waals surface area contributed by atoms with Gasteiger partial charge < -0.3 is 10.8 Å². The summed E-state index contributed by atoms with van der Waals surface area (Å²) in [6.07, 6.45) is 2.74. The number of anilines is 1. The highest BCUT2D eigenvalue weighted by molar-refractivity contribution is 5.65. The van der Waals surface area contributed by atoms with Gasteiger partial charge in [0.2, 0.25) is 5.88 Å². The van der Waals surface area contributed by atoms with Gasteiger partial charge in [-0.3, -0.25) is 4.40 Å². The van der Waals surface area contributed by atoms with Gasteiger partial charge in [-0.15, -0.1) is 0 Å². The van der Waals surface area contributed by atoms with Crippen LogP contribution in [0.2, 0.25) is 0 Å². The minimum Gasteiger partial charge on any atom is -0.493 e. The van der Waals surface area contributed by atoms with Gasteiger partial charge in [-0.1, -0.05) is 54.6 Å². The number of fused-ring (bicyclic) bond motifs is 1. The Morgan fingerprint density at radius 3 is 2.16 bits per heavy atom. The minimum absolute atomic E-state index is 0.0535. The molecule has 5 nitrogen and oxygen atoms in total. The molecule has 0 unspecified atom stereocenters. The molecule has 0 saturated heterocycles. The molecule has 3 N–H and O–H groups in total. The first-order valence-electron chi connectivity index (χ1n) is 10.3. The number of hydrogen-bond donors (Lipinski definition) is 2. The molecule has 0 saturated carbocycles. The van der Waals surface area contributed by atoms with Crippen LogP contribution in [0.5, 0.6) is 5.88 Å². The predicted octanol–water partition coefficient (Wildman–Crippen LogP) is 5.00. The maximum absolute atomic E-state index is 13.3. The first-order valence-corrected chi connectivity index (χ1v) is 10.3. The van der Waals surface area contributed by atoms with Crippen LogP contribution >= 0.6 is 0 Å². The number of nitrogens with two attached hydrogens (primary N) is 1.